The monoisotopic (exact) mass is 264 g/mol. The molecule has 0 saturated carbocycles. The van der Waals surface area contributed by atoms with Gasteiger partial charge in [0.25, 0.3) is 0 Å². The third kappa shape index (κ3) is 6.01. The molecule has 1 aromatic carbocycles. The van der Waals surface area contributed by atoms with Crippen molar-refractivity contribution >= 4 is 11.9 Å². The average molecular weight is 264 g/mol. The van der Waals surface area contributed by atoms with Crippen molar-refractivity contribution in [1.29, 1.82) is 0 Å². The first-order valence-corrected chi connectivity index (χ1v) is 6.30. The average Bonchev–Trinajstić information content (AvgIpc) is 2.36. The molecular formula is C14H20N2O3. The summed E-state index contributed by atoms with van der Waals surface area (Å²) in [4.78, 5) is 22.1. The molecule has 19 heavy (non-hydrogen) atoms. The maximum atomic E-state index is 11.6. The van der Waals surface area contributed by atoms with E-state index in [0.29, 0.717) is 12.8 Å². The lowest BCUT2D eigenvalue weighted by Crippen LogP contribution is -2.34. The Labute approximate surface area is 112 Å². The highest BCUT2D eigenvalue weighted by atomic mass is 16.4. The summed E-state index contributed by atoms with van der Waals surface area (Å²) in [5.74, 6) is -1.09. The van der Waals surface area contributed by atoms with Gasteiger partial charge in [-0.05, 0) is 18.9 Å². The van der Waals surface area contributed by atoms with Gasteiger partial charge in [-0.15, -0.1) is 0 Å². The van der Waals surface area contributed by atoms with Crippen LogP contribution >= 0.6 is 0 Å². The zero-order chi connectivity index (χ0) is 14.3. The molecule has 1 rings (SSSR count). The van der Waals surface area contributed by atoms with E-state index in [-0.39, 0.29) is 24.4 Å². The van der Waals surface area contributed by atoms with E-state index < -0.39 is 5.97 Å². The lowest BCUT2D eigenvalue weighted by molar-refractivity contribution is -0.137. The van der Waals surface area contributed by atoms with Crippen LogP contribution in [-0.4, -0.2) is 23.0 Å². The van der Waals surface area contributed by atoms with Crippen LogP contribution in [0.1, 0.15) is 37.8 Å². The lowest BCUT2D eigenvalue weighted by Gasteiger charge is -2.14. The van der Waals surface area contributed by atoms with Crippen LogP contribution in [0.5, 0.6) is 0 Å². The molecule has 104 valence electrons. The van der Waals surface area contributed by atoms with E-state index in [9.17, 15) is 9.59 Å². The molecule has 0 bridgehead atoms. The number of benzene rings is 1. The van der Waals surface area contributed by atoms with Gasteiger partial charge in [0.05, 0.1) is 6.42 Å². The number of amides is 1. The Bertz CT molecular complexity index is 420. The van der Waals surface area contributed by atoms with E-state index >= 15 is 0 Å². The molecule has 1 aromatic rings. The van der Waals surface area contributed by atoms with Gasteiger partial charge in [0.15, 0.2) is 0 Å². The van der Waals surface area contributed by atoms with E-state index in [1.165, 1.54) is 0 Å². The first-order chi connectivity index (χ1) is 8.99. The Kier molecular flexibility index (Phi) is 6.02. The van der Waals surface area contributed by atoms with Gasteiger partial charge in [0, 0.05) is 18.5 Å². The smallest absolute Gasteiger partial charge is 0.305 e. The highest BCUT2D eigenvalue weighted by Gasteiger charge is 2.12. The maximum absolute atomic E-state index is 11.6. The van der Waals surface area contributed by atoms with Gasteiger partial charge in [-0.2, -0.15) is 0 Å². The Morgan fingerprint density at radius 1 is 1.32 bits per heavy atom. The van der Waals surface area contributed by atoms with Crippen LogP contribution in [0.3, 0.4) is 0 Å². The fourth-order valence-corrected chi connectivity index (χ4v) is 1.81. The number of nitrogens with one attached hydrogen (secondary N) is 1. The molecule has 0 aliphatic heterocycles. The summed E-state index contributed by atoms with van der Waals surface area (Å²) < 4.78 is 0. The predicted octanol–water partition coefficient (Wildman–Crippen LogP) is 1.45. The molecule has 0 radical (unpaired) electrons. The van der Waals surface area contributed by atoms with E-state index in [1.807, 2.05) is 30.3 Å². The summed E-state index contributed by atoms with van der Waals surface area (Å²) in [5, 5.41) is 11.2. The van der Waals surface area contributed by atoms with Crippen LogP contribution < -0.4 is 11.1 Å². The van der Waals surface area contributed by atoms with Gasteiger partial charge in [0.1, 0.15) is 0 Å². The van der Waals surface area contributed by atoms with Crippen LogP contribution in [-0.2, 0) is 9.59 Å². The molecule has 2 atom stereocenters. The Morgan fingerprint density at radius 3 is 2.53 bits per heavy atom. The molecule has 1 amide bonds. The van der Waals surface area contributed by atoms with Crippen molar-refractivity contribution in [1.82, 2.24) is 5.32 Å². The van der Waals surface area contributed by atoms with Crippen molar-refractivity contribution in [3.8, 4) is 0 Å². The molecule has 2 unspecified atom stereocenters. The molecule has 4 N–H and O–H groups in total. The third-order valence-corrected chi connectivity index (χ3v) is 2.80. The molecule has 0 aromatic heterocycles. The zero-order valence-corrected chi connectivity index (χ0v) is 11.0. The molecule has 0 aliphatic carbocycles. The first-order valence-electron chi connectivity index (χ1n) is 6.30. The normalized spacial score (nSPS) is 13.6. The number of carbonyl (C=O) groups excluding carboxylic acids is 1. The van der Waals surface area contributed by atoms with Crippen LogP contribution in [0.25, 0.3) is 0 Å². The molecule has 5 nitrogen and oxygen atoms in total. The number of rotatable bonds is 7. The topological polar surface area (TPSA) is 92.4 Å². The largest absolute Gasteiger partial charge is 0.481 e. The summed E-state index contributed by atoms with van der Waals surface area (Å²) in [6, 6.07) is 9.04. The molecule has 0 aliphatic rings. The highest BCUT2D eigenvalue weighted by Crippen LogP contribution is 2.14. The molecule has 0 saturated heterocycles. The second-order valence-electron chi connectivity index (χ2n) is 4.62. The molecule has 0 heterocycles. The van der Waals surface area contributed by atoms with E-state index in [0.717, 1.165) is 5.56 Å². The fourth-order valence-electron chi connectivity index (χ4n) is 1.81. The lowest BCUT2D eigenvalue weighted by atomic mass is 10.0. The highest BCUT2D eigenvalue weighted by molar-refractivity contribution is 5.77. The zero-order valence-electron chi connectivity index (χ0n) is 11.0. The van der Waals surface area contributed by atoms with E-state index in [1.54, 1.807) is 6.92 Å². The minimum absolute atomic E-state index is 0.0729. The van der Waals surface area contributed by atoms with Gasteiger partial charge in [-0.1, -0.05) is 30.3 Å². The number of aliphatic carboxylic acids is 1. The Balaban J connectivity index is 2.32. The fraction of sp³-hybridized carbons (Fsp3) is 0.429. The number of hydrogen-bond acceptors (Lipinski definition) is 3. The minimum atomic E-state index is -0.922. The van der Waals surface area contributed by atoms with Crippen LogP contribution in [0, 0.1) is 0 Å². The third-order valence-electron chi connectivity index (χ3n) is 2.80. The molecule has 0 spiro atoms. The van der Waals surface area contributed by atoms with Crippen molar-refractivity contribution in [3.05, 3.63) is 35.9 Å². The summed E-state index contributed by atoms with van der Waals surface area (Å²) >= 11 is 0. The molecule has 5 heteroatoms. The van der Waals surface area contributed by atoms with Gasteiger partial charge in [-0.25, -0.2) is 0 Å². The standard InChI is InChI=1S/C14H20N2O3/c1-10(9-14(18)19)16-13(17)8-7-12(15)11-5-3-2-4-6-11/h2-6,10,12H,7-9,15H2,1H3,(H,16,17)(H,18,19). The second-order valence-corrected chi connectivity index (χ2v) is 4.62. The van der Waals surface area contributed by atoms with Gasteiger partial charge >= 0.3 is 5.97 Å². The number of carboxylic acid groups (broad SMARTS) is 1. The maximum Gasteiger partial charge on any atom is 0.305 e. The quantitative estimate of drug-likeness (QED) is 0.695. The van der Waals surface area contributed by atoms with Gasteiger partial charge in [0.2, 0.25) is 5.91 Å². The minimum Gasteiger partial charge on any atom is -0.481 e. The van der Waals surface area contributed by atoms with E-state index in [4.69, 9.17) is 10.8 Å². The summed E-state index contributed by atoms with van der Waals surface area (Å²) in [6.07, 6.45) is 0.756. The van der Waals surface area contributed by atoms with Crippen molar-refractivity contribution in [3.63, 3.8) is 0 Å². The van der Waals surface area contributed by atoms with Crippen LogP contribution in [0.2, 0.25) is 0 Å². The SMILES string of the molecule is CC(CC(=O)O)NC(=O)CCC(N)c1ccccc1. The summed E-state index contributed by atoms with van der Waals surface area (Å²) in [6.45, 7) is 1.67. The summed E-state index contributed by atoms with van der Waals surface area (Å²) in [7, 11) is 0. The molecule has 0 fully saturated rings. The van der Waals surface area contributed by atoms with Gasteiger partial charge in [-0.3, -0.25) is 9.59 Å². The van der Waals surface area contributed by atoms with Crippen LogP contribution in [0.15, 0.2) is 30.3 Å². The first kappa shape index (κ1) is 15.2. The Hall–Kier alpha value is -1.88. The Morgan fingerprint density at radius 2 is 1.95 bits per heavy atom. The van der Waals surface area contributed by atoms with E-state index in [2.05, 4.69) is 5.32 Å². The van der Waals surface area contributed by atoms with Crippen molar-refractivity contribution < 1.29 is 14.7 Å². The summed E-state index contributed by atoms with van der Waals surface area (Å²) in [5.41, 5.74) is 6.98. The van der Waals surface area contributed by atoms with Crippen molar-refractivity contribution in [2.45, 2.75) is 38.3 Å². The second kappa shape index (κ2) is 7.53. The number of hydrogen-bond donors (Lipinski definition) is 3. The molecular weight excluding hydrogens is 244 g/mol. The van der Waals surface area contributed by atoms with Crippen LogP contribution in [0.4, 0.5) is 0 Å². The van der Waals surface area contributed by atoms with Crippen molar-refractivity contribution in [2.75, 3.05) is 0 Å². The number of carboxylic acids is 1. The number of nitrogens with two attached hydrogens (primary N) is 1. The predicted molar refractivity (Wildman–Crippen MR) is 72.5 cm³/mol. The number of carbonyl (C=O) groups is 2. The van der Waals surface area contributed by atoms with Crippen molar-refractivity contribution in [2.24, 2.45) is 5.73 Å². The van der Waals surface area contributed by atoms with Gasteiger partial charge < -0.3 is 16.2 Å².